The Balaban J connectivity index is 1.56. The standard InChI is InChI=1S/C23H32N2O4/c1-18-5-3-6-19(13-18)14-24-15-20-7-4-8-22(27-2)23(20)29-17-21(26)16-25-9-11-28-12-10-25/h3-8,13,21,24,26H,9-12,14-17H2,1-2H3. The first-order valence-corrected chi connectivity index (χ1v) is 10.2. The van der Waals surface area contributed by atoms with Crippen molar-refractivity contribution in [1.82, 2.24) is 10.2 Å². The minimum Gasteiger partial charge on any atom is -0.493 e. The zero-order valence-electron chi connectivity index (χ0n) is 17.4. The molecule has 1 aliphatic heterocycles. The molecule has 0 saturated carbocycles. The van der Waals surface area contributed by atoms with Crippen molar-refractivity contribution in [3.63, 3.8) is 0 Å². The summed E-state index contributed by atoms with van der Waals surface area (Å²) >= 11 is 0. The molecule has 0 aromatic heterocycles. The number of methoxy groups -OCH3 is 1. The lowest BCUT2D eigenvalue weighted by molar-refractivity contribution is 0.00436. The molecule has 1 saturated heterocycles. The van der Waals surface area contributed by atoms with E-state index in [1.165, 1.54) is 11.1 Å². The normalized spacial score (nSPS) is 15.8. The summed E-state index contributed by atoms with van der Waals surface area (Å²) in [6, 6.07) is 14.3. The number of ether oxygens (including phenoxy) is 3. The number of hydrogen-bond donors (Lipinski definition) is 2. The third-order valence-corrected chi connectivity index (χ3v) is 5.00. The van der Waals surface area contributed by atoms with Crippen LogP contribution in [0.25, 0.3) is 0 Å². The maximum Gasteiger partial charge on any atom is 0.165 e. The molecule has 0 spiro atoms. The van der Waals surface area contributed by atoms with Crippen LogP contribution >= 0.6 is 0 Å². The van der Waals surface area contributed by atoms with Gasteiger partial charge in [0.25, 0.3) is 0 Å². The Labute approximate surface area is 173 Å². The van der Waals surface area contributed by atoms with Crippen LogP contribution in [0.15, 0.2) is 42.5 Å². The van der Waals surface area contributed by atoms with E-state index < -0.39 is 6.10 Å². The molecule has 1 atom stereocenters. The smallest absolute Gasteiger partial charge is 0.165 e. The molecule has 6 nitrogen and oxygen atoms in total. The third kappa shape index (κ3) is 6.72. The number of rotatable bonds is 10. The number of nitrogens with one attached hydrogen (secondary N) is 1. The highest BCUT2D eigenvalue weighted by Gasteiger charge is 2.17. The van der Waals surface area contributed by atoms with Gasteiger partial charge in [0.05, 0.1) is 20.3 Å². The lowest BCUT2D eigenvalue weighted by atomic mass is 10.1. The van der Waals surface area contributed by atoms with E-state index in [1.54, 1.807) is 7.11 Å². The van der Waals surface area contributed by atoms with E-state index in [4.69, 9.17) is 14.2 Å². The number of morpholine rings is 1. The molecule has 1 heterocycles. The van der Waals surface area contributed by atoms with Gasteiger partial charge in [-0.2, -0.15) is 0 Å². The Morgan fingerprint density at radius 1 is 1.14 bits per heavy atom. The van der Waals surface area contributed by atoms with Crippen LogP contribution < -0.4 is 14.8 Å². The van der Waals surface area contributed by atoms with E-state index in [9.17, 15) is 5.11 Å². The summed E-state index contributed by atoms with van der Waals surface area (Å²) in [5.41, 5.74) is 3.51. The second-order valence-corrected chi connectivity index (χ2v) is 7.42. The van der Waals surface area contributed by atoms with Crippen molar-refractivity contribution >= 4 is 0 Å². The average Bonchev–Trinajstić information content (AvgIpc) is 2.73. The van der Waals surface area contributed by atoms with Gasteiger partial charge in [0, 0.05) is 38.3 Å². The fourth-order valence-corrected chi connectivity index (χ4v) is 3.50. The van der Waals surface area contributed by atoms with E-state index in [1.807, 2.05) is 18.2 Å². The summed E-state index contributed by atoms with van der Waals surface area (Å²) in [7, 11) is 1.64. The van der Waals surface area contributed by atoms with Crippen molar-refractivity contribution in [2.24, 2.45) is 0 Å². The van der Waals surface area contributed by atoms with Gasteiger partial charge in [-0.05, 0) is 18.6 Å². The van der Waals surface area contributed by atoms with E-state index >= 15 is 0 Å². The van der Waals surface area contributed by atoms with Crippen LogP contribution in [0, 0.1) is 6.92 Å². The number of benzene rings is 2. The summed E-state index contributed by atoms with van der Waals surface area (Å²) in [4.78, 5) is 2.20. The maximum atomic E-state index is 10.4. The molecule has 0 amide bonds. The summed E-state index contributed by atoms with van der Waals surface area (Å²) in [5, 5.41) is 13.9. The fourth-order valence-electron chi connectivity index (χ4n) is 3.50. The third-order valence-electron chi connectivity index (χ3n) is 5.00. The van der Waals surface area contributed by atoms with Gasteiger partial charge in [0.15, 0.2) is 11.5 Å². The zero-order chi connectivity index (χ0) is 20.5. The Morgan fingerprint density at radius 2 is 1.93 bits per heavy atom. The van der Waals surface area contributed by atoms with E-state index in [2.05, 4.69) is 41.4 Å². The van der Waals surface area contributed by atoms with Crippen LogP contribution in [0.1, 0.15) is 16.7 Å². The molecule has 2 aromatic carbocycles. The lowest BCUT2D eigenvalue weighted by Gasteiger charge is -2.28. The molecule has 3 rings (SSSR count). The Hall–Kier alpha value is -2.12. The fraction of sp³-hybridized carbons (Fsp3) is 0.478. The predicted octanol–water partition coefficient (Wildman–Crippen LogP) is 2.37. The van der Waals surface area contributed by atoms with E-state index in [-0.39, 0.29) is 6.61 Å². The number of aliphatic hydroxyl groups excluding tert-OH is 1. The molecule has 1 unspecified atom stereocenters. The average molecular weight is 401 g/mol. The topological polar surface area (TPSA) is 63.2 Å². The summed E-state index contributed by atoms with van der Waals surface area (Å²) in [6.07, 6.45) is -0.564. The van der Waals surface area contributed by atoms with Crippen molar-refractivity contribution in [3.8, 4) is 11.5 Å². The van der Waals surface area contributed by atoms with Crippen LogP contribution in [0.4, 0.5) is 0 Å². The lowest BCUT2D eigenvalue weighted by Crippen LogP contribution is -2.42. The van der Waals surface area contributed by atoms with E-state index in [0.29, 0.717) is 24.6 Å². The van der Waals surface area contributed by atoms with Crippen LogP contribution in [0.2, 0.25) is 0 Å². The van der Waals surface area contributed by atoms with Crippen molar-refractivity contribution in [1.29, 1.82) is 0 Å². The summed E-state index contributed by atoms with van der Waals surface area (Å²) in [6.45, 7) is 7.47. The molecular formula is C23H32N2O4. The number of aliphatic hydroxyl groups is 1. The van der Waals surface area contributed by atoms with Gasteiger partial charge < -0.3 is 24.6 Å². The Kier molecular flexibility index (Phi) is 8.31. The Bertz CT molecular complexity index is 762. The molecule has 2 aromatic rings. The van der Waals surface area contributed by atoms with Gasteiger partial charge >= 0.3 is 0 Å². The molecule has 6 heteroatoms. The first-order chi connectivity index (χ1) is 14.2. The zero-order valence-corrected chi connectivity index (χ0v) is 17.4. The van der Waals surface area contributed by atoms with Crippen LogP contribution in [-0.4, -0.2) is 62.7 Å². The first kappa shape index (κ1) is 21.6. The molecule has 0 bridgehead atoms. The summed E-state index contributed by atoms with van der Waals surface area (Å²) < 4.78 is 16.9. The molecule has 1 aliphatic rings. The van der Waals surface area contributed by atoms with Crippen molar-refractivity contribution in [2.45, 2.75) is 26.1 Å². The quantitative estimate of drug-likeness (QED) is 0.639. The van der Waals surface area contributed by atoms with Crippen LogP contribution in [-0.2, 0) is 17.8 Å². The second-order valence-electron chi connectivity index (χ2n) is 7.42. The number of hydrogen-bond acceptors (Lipinski definition) is 6. The molecule has 29 heavy (non-hydrogen) atoms. The molecule has 2 N–H and O–H groups in total. The minimum absolute atomic E-state index is 0.225. The van der Waals surface area contributed by atoms with Gasteiger partial charge in [-0.25, -0.2) is 0 Å². The molecule has 0 radical (unpaired) electrons. The SMILES string of the molecule is COc1cccc(CNCc2cccc(C)c2)c1OCC(O)CN1CCOCC1. The highest BCUT2D eigenvalue weighted by atomic mass is 16.5. The number of aryl methyl sites for hydroxylation is 1. The van der Waals surface area contributed by atoms with Gasteiger partial charge in [-0.1, -0.05) is 42.0 Å². The van der Waals surface area contributed by atoms with Gasteiger partial charge in [-0.3, -0.25) is 4.90 Å². The monoisotopic (exact) mass is 400 g/mol. The van der Waals surface area contributed by atoms with Gasteiger partial charge in [0.2, 0.25) is 0 Å². The van der Waals surface area contributed by atoms with Crippen LogP contribution in [0.5, 0.6) is 11.5 Å². The van der Waals surface area contributed by atoms with Crippen molar-refractivity contribution in [3.05, 3.63) is 59.2 Å². The van der Waals surface area contributed by atoms with Crippen molar-refractivity contribution < 1.29 is 19.3 Å². The highest BCUT2D eigenvalue weighted by molar-refractivity contribution is 5.46. The van der Waals surface area contributed by atoms with Gasteiger partial charge in [-0.15, -0.1) is 0 Å². The molecule has 1 fully saturated rings. The van der Waals surface area contributed by atoms with Crippen LogP contribution in [0.3, 0.4) is 0 Å². The molecular weight excluding hydrogens is 368 g/mol. The second kappa shape index (κ2) is 11.2. The van der Waals surface area contributed by atoms with Gasteiger partial charge in [0.1, 0.15) is 12.7 Å². The number of para-hydroxylation sites is 1. The number of β-amino-alcohol motifs (C(OH)–C–C–N with tert-alkyl or cyclic N) is 1. The molecule has 158 valence electrons. The van der Waals surface area contributed by atoms with E-state index in [0.717, 1.165) is 38.4 Å². The summed E-state index contributed by atoms with van der Waals surface area (Å²) in [5.74, 6) is 1.37. The molecule has 0 aliphatic carbocycles. The maximum absolute atomic E-state index is 10.4. The first-order valence-electron chi connectivity index (χ1n) is 10.2. The highest BCUT2D eigenvalue weighted by Crippen LogP contribution is 2.31. The Morgan fingerprint density at radius 3 is 2.69 bits per heavy atom. The largest absolute Gasteiger partial charge is 0.493 e. The minimum atomic E-state index is -0.564. The van der Waals surface area contributed by atoms with Crippen molar-refractivity contribution in [2.75, 3.05) is 46.6 Å². The predicted molar refractivity (Wildman–Crippen MR) is 113 cm³/mol. The number of nitrogens with zero attached hydrogens (tertiary/aromatic N) is 1.